The molecule has 0 bridgehead atoms. The van der Waals surface area contributed by atoms with Gasteiger partial charge in [0.05, 0.1) is 15.8 Å². The second kappa shape index (κ2) is 5.30. The Kier molecular flexibility index (Phi) is 3.00. The molecule has 0 saturated carbocycles. The Balaban J connectivity index is 3.90. The first-order chi connectivity index (χ1) is 5.87. The van der Waals surface area contributed by atoms with Crippen molar-refractivity contribution in [1.82, 2.24) is 10.6 Å². The average Bonchev–Trinajstić information content (AvgIpc) is 2.00. The van der Waals surface area contributed by atoms with Crippen molar-refractivity contribution >= 4 is 11.8 Å². The molecule has 0 saturated heterocycles. The number of hydrogen-bond donors (Lipinski definition) is 2. The van der Waals surface area contributed by atoms with E-state index in [4.69, 9.17) is 9.16 Å². The normalized spacial score (nSPS) is 12.0. The second-order valence-corrected chi connectivity index (χ2v) is 1.73. The molecule has 0 atom stereocenters. The topological polar surface area (TPSA) is 58.2 Å². The van der Waals surface area contributed by atoms with Gasteiger partial charge in [0.2, 0.25) is 11.8 Å². The van der Waals surface area contributed by atoms with Crippen molar-refractivity contribution in [3.8, 4) is 12.3 Å². The maximum Gasteiger partial charge on any atom is 0.240 e. The zero-order chi connectivity index (χ0) is 10.5. The fourth-order valence-electron chi connectivity index (χ4n) is 0.355. The average molecular weight is 156 g/mol. The van der Waals surface area contributed by atoms with Gasteiger partial charge in [-0.15, -0.1) is 6.42 Å². The summed E-state index contributed by atoms with van der Waals surface area (Å²) in [6.45, 7) is -1.20. The van der Waals surface area contributed by atoms with Crippen molar-refractivity contribution in [2.24, 2.45) is 0 Å². The number of amides is 2. The number of terminal acetylenes is 1. The van der Waals surface area contributed by atoms with Crippen LogP contribution < -0.4 is 10.6 Å². The lowest BCUT2D eigenvalue weighted by Gasteiger charge is -2.00. The predicted octanol–water partition coefficient (Wildman–Crippen LogP) is -1.13. The molecule has 4 heteroatoms. The lowest BCUT2D eigenvalue weighted by atomic mass is 10.5. The Bertz CT molecular complexity index is 258. The van der Waals surface area contributed by atoms with E-state index < -0.39 is 12.4 Å². The van der Waals surface area contributed by atoms with Crippen molar-refractivity contribution in [1.29, 1.82) is 0 Å². The summed E-state index contributed by atoms with van der Waals surface area (Å²) in [7, 11) is 0. The molecular formula is C7H10N2O2. The smallest absolute Gasteiger partial charge is 0.240 e. The van der Waals surface area contributed by atoms with Crippen molar-refractivity contribution < 1.29 is 12.3 Å². The van der Waals surface area contributed by atoms with Crippen LogP contribution in [0.3, 0.4) is 0 Å². The van der Waals surface area contributed by atoms with Gasteiger partial charge in [0, 0.05) is 6.92 Å². The zero-order valence-corrected chi connectivity index (χ0v) is 6.10. The Hall–Kier alpha value is -1.50. The van der Waals surface area contributed by atoms with E-state index in [1.807, 2.05) is 5.32 Å². The molecule has 4 nitrogen and oxygen atoms in total. The van der Waals surface area contributed by atoms with Gasteiger partial charge in [-0.3, -0.25) is 9.59 Å². The van der Waals surface area contributed by atoms with Crippen LogP contribution in [0.25, 0.3) is 0 Å². The van der Waals surface area contributed by atoms with E-state index in [9.17, 15) is 9.59 Å². The third kappa shape index (κ3) is 6.38. The Morgan fingerprint density at radius 3 is 2.73 bits per heavy atom. The van der Waals surface area contributed by atoms with E-state index in [-0.39, 0.29) is 12.5 Å². The van der Waals surface area contributed by atoms with Crippen molar-refractivity contribution in [2.45, 2.75) is 6.92 Å². The quantitative estimate of drug-likeness (QED) is 0.508. The monoisotopic (exact) mass is 156 g/mol. The van der Waals surface area contributed by atoms with E-state index in [1.54, 1.807) is 5.92 Å². The van der Waals surface area contributed by atoms with Crippen LogP contribution in [0.15, 0.2) is 0 Å². The van der Waals surface area contributed by atoms with E-state index in [1.165, 1.54) is 6.92 Å². The van der Waals surface area contributed by atoms with Crippen LogP contribution in [-0.4, -0.2) is 24.9 Å². The Morgan fingerprint density at radius 2 is 2.27 bits per heavy atom. The predicted molar refractivity (Wildman–Crippen MR) is 40.5 cm³/mol. The molecule has 2 amide bonds. The summed E-state index contributed by atoms with van der Waals surface area (Å²) in [5.41, 5.74) is 0. The summed E-state index contributed by atoms with van der Waals surface area (Å²) < 4.78 is 14.0. The minimum atomic E-state index is -2.17. The standard InChI is InChI=1S/C7H10N2O2/c1-3-4-8-7(11)5-9-6(2)10/h1H,4-5H2,2H3,(H,8,11)(H,9,10)/i4D2. The van der Waals surface area contributed by atoms with Crippen LogP contribution in [-0.2, 0) is 9.59 Å². The number of hydrogen-bond acceptors (Lipinski definition) is 2. The highest BCUT2D eigenvalue weighted by Crippen LogP contribution is 1.64. The lowest BCUT2D eigenvalue weighted by Crippen LogP contribution is -2.35. The third-order valence-electron chi connectivity index (χ3n) is 0.772. The first-order valence-electron chi connectivity index (χ1n) is 3.90. The van der Waals surface area contributed by atoms with Crippen LogP contribution in [0.1, 0.15) is 9.67 Å². The molecular weight excluding hydrogens is 144 g/mol. The van der Waals surface area contributed by atoms with E-state index >= 15 is 0 Å². The first kappa shape index (κ1) is 6.23. The summed E-state index contributed by atoms with van der Waals surface area (Å²) in [5.74, 6) is 0.716. The van der Waals surface area contributed by atoms with E-state index in [2.05, 4.69) is 5.32 Å². The maximum atomic E-state index is 10.9. The number of nitrogens with one attached hydrogen (secondary N) is 2. The number of carbonyl (C=O) groups is 2. The molecule has 0 aliphatic rings. The fourth-order valence-corrected chi connectivity index (χ4v) is 0.355. The van der Waals surface area contributed by atoms with Gasteiger partial charge in [-0.25, -0.2) is 0 Å². The molecule has 11 heavy (non-hydrogen) atoms. The Labute approximate surface area is 68.2 Å². The molecule has 0 aliphatic heterocycles. The molecule has 0 aromatic carbocycles. The summed E-state index contributed by atoms with van der Waals surface area (Å²) in [6, 6.07) is 0. The van der Waals surface area contributed by atoms with Gasteiger partial charge >= 0.3 is 0 Å². The molecule has 0 aromatic rings. The summed E-state index contributed by atoms with van der Waals surface area (Å²) in [5, 5.41) is 4.11. The second-order valence-electron chi connectivity index (χ2n) is 1.73. The van der Waals surface area contributed by atoms with Crippen molar-refractivity contribution in [3.05, 3.63) is 0 Å². The largest absolute Gasteiger partial charge is 0.347 e. The van der Waals surface area contributed by atoms with Gasteiger partial charge in [0.1, 0.15) is 0 Å². The molecule has 0 radical (unpaired) electrons. The highest BCUT2D eigenvalue weighted by molar-refractivity contribution is 5.83. The SMILES string of the molecule is [2H]C([2H])(C#C)NC(=O)CNC(C)=O. The van der Waals surface area contributed by atoms with E-state index in [0.29, 0.717) is 0 Å². The number of carbonyl (C=O) groups excluding carboxylic acids is 2. The molecule has 0 fully saturated rings. The minimum Gasteiger partial charge on any atom is -0.347 e. The molecule has 0 rings (SSSR count). The van der Waals surface area contributed by atoms with Gasteiger partial charge in [-0.05, 0) is 0 Å². The summed E-state index contributed by atoms with van der Waals surface area (Å²) >= 11 is 0. The van der Waals surface area contributed by atoms with Gasteiger partial charge in [0.15, 0.2) is 0 Å². The van der Waals surface area contributed by atoms with Crippen molar-refractivity contribution in [2.75, 3.05) is 13.0 Å². The molecule has 2 N–H and O–H groups in total. The van der Waals surface area contributed by atoms with Gasteiger partial charge in [0.25, 0.3) is 0 Å². The third-order valence-corrected chi connectivity index (χ3v) is 0.772. The zero-order valence-electron chi connectivity index (χ0n) is 8.10. The summed E-state index contributed by atoms with van der Waals surface area (Å²) in [6.07, 6.45) is 4.78. The molecule has 0 aromatic heterocycles. The van der Waals surface area contributed by atoms with Gasteiger partial charge in [-0.2, -0.15) is 0 Å². The fraction of sp³-hybridized carbons (Fsp3) is 0.429. The van der Waals surface area contributed by atoms with Crippen LogP contribution in [0.4, 0.5) is 0 Å². The number of rotatable bonds is 3. The highest BCUT2D eigenvalue weighted by atomic mass is 16.2. The van der Waals surface area contributed by atoms with Crippen LogP contribution in [0.2, 0.25) is 0 Å². The van der Waals surface area contributed by atoms with E-state index in [0.717, 1.165) is 0 Å². The maximum absolute atomic E-state index is 10.9. The lowest BCUT2D eigenvalue weighted by molar-refractivity contribution is -0.124. The van der Waals surface area contributed by atoms with Gasteiger partial charge in [-0.1, -0.05) is 5.92 Å². The molecule has 0 spiro atoms. The molecule has 60 valence electrons. The Morgan fingerprint density at radius 1 is 1.64 bits per heavy atom. The van der Waals surface area contributed by atoms with Crippen molar-refractivity contribution in [3.63, 3.8) is 0 Å². The molecule has 0 heterocycles. The molecule has 0 unspecified atom stereocenters. The highest BCUT2D eigenvalue weighted by Gasteiger charge is 1.98. The van der Waals surface area contributed by atoms with Gasteiger partial charge < -0.3 is 10.6 Å². The summed E-state index contributed by atoms with van der Waals surface area (Å²) in [4.78, 5) is 21.2. The van der Waals surface area contributed by atoms with Crippen LogP contribution >= 0.6 is 0 Å². The minimum absolute atomic E-state index is 0.281. The first-order valence-corrected chi connectivity index (χ1v) is 2.90. The molecule has 0 aliphatic carbocycles. The van der Waals surface area contributed by atoms with Crippen LogP contribution in [0, 0.1) is 12.3 Å². The van der Waals surface area contributed by atoms with Crippen LogP contribution in [0.5, 0.6) is 0 Å².